The van der Waals surface area contributed by atoms with Crippen LogP contribution in [0.3, 0.4) is 0 Å². The predicted octanol–water partition coefficient (Wildman–Crippen LogP) is 3.91. The first-order valence-electron chi connectivity index (χ1n) is 7.78. The van der Waals surface area contributed by atoms with Gasteiger partial charge in [0, 0.05) is 6.04 Å². The van der Waals surface area contributed by atoms with Gasteiger partial charge in [-0.1, -0.05) is 19.1 Å². The van der Waals surface area contributed by atoms with Crippen molar-refractivity contribution in [2.24, 2.45) is 34.0 Å². The quantitative estimate of drug-likeness (QED) is 0.729. The average molecular weight is 249 g/mol. The first kappa shape index (κ1) is 12.4. The molecule has 0 aromatic rings. The van der Waals surface area contributed by atoms with Gasteiger partial charge in [0.05, 0.1) is 12.1 Å². The highest BCUT2D eigenvalue weighted by Crippen LogP contribution is 2.57. The Labute approximate surface area is 111 Å². The van der Waals surface area contributed by atoms with E-state index in [1.54, 1.807) is 0 Å². The summed E-state index contributed by atoms with van der Waals surface area (Å²) in [6.45, 7) is 9.26. The van der Waals surface area contributed by atoms with Gasteiger partial charge in [-0.25, -0.2) is 0 Å². The van der Waals surface area contributed by atoms with E-state index in [1.165, 1.54) is 25.7 Å². The van der Waals surface area contributed by atoms with Crippen molar-refractivity contribution in [1.82, 2.24) is 5.01 Å². The molecule has 0 saturated heterocycles. The van der Waals surface area contributed by atoms with E-state index in [1.807, 2.05) is 0 Å². The summed E-state index contributed by atoms with van der Waals surface area (Å²) in [6, 6.07) is 1.58. The van der Waals surface area contributed by atoms with E-state index in [9.17, 15) is 0 Å². The van der Waals surface area contributed by atoms with E-state index in [-0.39, 0.29) is 0 Å². The van der Waals surface area contributed by atoms with E-state index in [0.717, 1.165) is 23.7 Å². The normalized spacial score (nSPS) is 42.8. The van der Waals surface area contributed by atoms with Crippen LogP contribution in [0.5, 0.6) is 0 Å². The van der Waals surface area contributed by atoms with Crippen LogP contribution in [-0.2, 0) is 0 Å². The lowest BCUT2D eigenvalue weighted by Crippen LogP contribution is -2.39. The highest BCUT2D eigenvalue weighted by molar-refractivity contribution is 5.02. The van der Waals surface area contributed by atoms with Gasteiger partial charge < -0.3 is 0 Å². The molecule has 0 aromatic heterocycles. The molecule has 2 aliphatic carbocycles. The van der Waals surface area contributed by atoms with Crippen LogP contribution in [0.1, 0.15) is 53.4 Å². The molecule has 18 heavy (non-hydrogen) atoms. The van der Waals surface area contributed by atoms with Gasteiger partial charge >= 0.3 is 0 Å². The zero-order valence-electron chi connectivity index (χ0n) is 12.2. The van der Waals surface area contributed by atoms with Crippen molar-refractivity contribution < 1.29 is 0 Å². The standard InChI is InChI=1S/C15H27N3/c1-9(2)15-11-5-7-13-14(8-6-12(11)15)18(10(3)4)17-16-13/h9-15H,5-8H2,1-4H3/t11-,12+,13?,14?,15?/m1/s1. The van der Waals surface area contributed by atoms with Crippen molar-refractivity contribution in [3.8, 4) is 0 Å². The van der Waals surface area contributed by atoms with Crippen molar-refractivity contribution in [2.45, 2.75) is 71.5 Å². The molecule has 2 saturated carbocycles. The van der Waals surface area contributed by atoms with Crippen LogP contribution in [0, 0.1) is 23.7 Å². The summed E-state index contributed by atoms with van der Waals surface area (Å²) in [6.07, 6.45) is 5.37. The Balaban J connectivity index is 1.67. The predicted molar refractivity (Wildman–Crippen MR) is 73.2 cm³/mol. The van der Waals surface area contributed by atoms with Crippen molar-refractivity contribution >= 4 is 0 Å². The average Bonchev–Trinajstić information content (AvgIpc) is 2.81. The molecule has 3 unspecified atom stereocenters. The summed E-state index contributed by atoms with van der Waals surface area (Å²) in [5.41, 5.74) is 0. The molecule has 0 amide bonds. The number of hydrogen-bond donors (Lipinski definition) is 0. The molecular formula is C15H27N3. The van der Waals surface area contributed by atoms with E-state index >= 15 is 0 Å². The second-order valence-corrected chi connectivity index (χ2v) is 7.12. The molecule has 5 atom stereocenters. The van der Waals surface area contributed by atoms with Crippen LogP contribution in [0.4, 0.5) is 0 Å². The highest BCUT2D eigenvalue weighted by atomic mass is 15.6. The van der Waals surface area contributed by atoms with Crippen molar-refractivity contribution in [3.63, 3.8) is 0 Å². The number of rotatable bonds is 2. The molecule has 0 spiro atoms. The van der Waals surface area contributed by atoms with Gasteiger partial charge in [-0.3, -0.25) is 5.01 Å². The largest absolute Gasteiger partial charge is 0.271 e. The van der Waals surface area contributed by atoms with Gasteiger partial charge in [-0.2, -0.15) is 5.11 Å². The van der Waals surface area contributed by atoms with Gasteiger partial charge in [0.25, 0.3) is 0 Å². The molecular weight excluding hydrogens is 222 g/mol. The van der Waals surface area contributed by atoms with Gasteiger partial charge in [0.15, 0.2) is 0 Å². The minimum Gasteiger partial charge on any atom is -0.271 e. The van der Waals surface area contributed by atoms with E-state index in [2.05, 4.69) is 43.0 Å². The fourth-order valence-electron chi connectivity index (χ4n) is 4.51. The summed E-state index contributed by atoms with van der Waals surface area (Å²) in [5, 5.41) is 11.2. The Morgan fingerprint density at radius 2 is 1.61 bits per heavy atom. The molecule has 0 radical (unpaired) electrons. The zero-order chi connectivity index (χ0) is 12.9. The van der Waals surface area contributed by atoms with Crippen LogP contribution in [0.2, 0.25) is 0 Å². The maximum Gasteiger partial charge on any atom is 0.0949 e. The molecule has 1 heterocycles. The molecule has 102 valence electrons. The number of hydrogen-bond acceptors (Lipinski definition) is 3. The second-order valence-electron chi connectivity index (χ2n) is 7.12. The zero-order valence-corrected chi connectivity index (χ0v) is 12.2. The molecule has 3 aliphatic rings. The first-order chi connectivity index (χ1) is 8.59. The molecule has 1 aliphatic heterocycles. The molecule has 2 fully saturated rings. The molecule has 0 N–H and O–H groups in total. The number of nitrogens with zero attached hydrogens (tertiary/aromatic N) is 3. The van der Waals surface area contributed by atoms with Gasteiger partial charge in [-0.05, 0) is 63.2 Å². The van der Waals surface area contributed by atoms with Crippen molar-refractivity contribution in [2.75, 3.05) is 0 Å². The molecule has 3 rings (SSSR count). The lowest BCUT2D eigenvalue weighted by Gasteiger charge is -2.29. The summed E-state index contributed by atoms with van der Waals surface area (Å²) in [7, 11) is 0. The van der Waals surface area contributed by atoms with Crippen molar-refractivity contribution in [1.29, 1.82) is 0 Å². The molecule has 3 nitrogen and oxygen atoms in total. The fourth-order valence-corrected chi connectivity index (χ4v) is 4.51. The van der Waals surface area contributed by atoms with Crippen LogP contribution >= 0.6 is 0 Å². The molecule has 0 bridgehead atoms. The first-order valence-corrected chi connectivity index (χ1v) is 7.78. The van der Waals surface area contributed by atoms with Crippen LogP contribution in [0.25, 0.3) is 0 Å². The Kier molecular flexibility index (Phi) is 3.11. The SMILES string of the molecule is CC(C)C1[C@H]2CCC3C(CC[C@@H]12)N=NN3C(C)C. The van der Waals surface area contributed by atoms with Crippen LogP contribution in [0.15, 0.2) is 10.3 Å². The second kappa shape index (κ2) is 4.50. The summed E-state index contributed by atoms with van der Waals surface area (Å²) in [4.78, 5) is 0. The Morgan fingerprint density at radius 3 is 2.22 bits per heavy atom. The highest BCUT2D eigenvalue weighted by Gasteiger charge is 2.52. The smallest absolute Gasteiger partial charge is 0.0949 e. The van der Waals surface area contributed by atoms with Gasteiger partial charge in [-0.15, -0.1) is 0 Å². The third-order valence-corrected chi connectivity index (χ3v) is 5.38. The monoisotopic (exact) mass is 249 g/mol. The topological polar surface area (TPSA) is 28.0 Å². The summed E-state index contributed by atoms with van der Waals surface area (Å²) < 4.78 is 0. The maximum absolute atomic E-state index is 4.54. The number of fused-ring (bicyclic) bond motifs is 2. The summed E-state index contributed by atoms with van der Waals surface area (Å²) in [5.74, 6) is 3.91. The third-order valence-electron chi connectivity index (χ3n) is 5.38. The Hall–Kier alpha value is -0.600. The minimum absolute atomic E-state index is 0.488. The summed E-state index contributed by atoms with van der Waals surface area (Å²) >= 11 is 0. The fraction of sp³-hybridized carbons (Fsp3) is 1.00. The van der Waals surface area contributed by atoms with Crippen LogP contribution in [-0.4, -0.2) is 23.1 Å². The van der Waals surface area contributed by atoms with Gasteiger partial charge in [0.2, 0.25) is 0 Å². The van der Waals surface area contributed by atoms with Crippen LogP contribution < -0.4 is 0 Å². The van der Waals surface area contributed by atoms with E-state index in [0.29, 0.717) is 18.1 Å². The molecule has 3 heteroatoms. The third kappa shape index (κ3) is 1.96. The minimum atomic E-state index is 0.488. The van der Waals surface area contributed by atoms with E-state index in [4.69, 9.17) is 0 Å². The molecule has 0 aromatic carbocycles. The Bertz CT molecular complexity index is 337. The van der Waals surface area contributed by atoms with Gasteiger partial charge in [0.1, 0.15) is 0 Å². The maximum atomic E-state index is 4.54. The lowest BCUT2D eigenvalue weighted by atomic mass is 9.92. The van der Waals surface area contributed by atoms with E-state index < -0.39 is 0 Å². The van der Waals surface area contributed by atoms with Crippen molar-refractivity contribution in [3.05, 3.63) is 0 Å². The lowest BCUT2D eigenvalue weighted by molar-refractivity contribution is 0.154. The Morgan fingerprint density at radius 1 is 0.944 bits per heavy atom.